The molecular formula is C102H91BN4Se2. The first kappa shape index (κ1) is 48.9. The second-order valence-corrected chi connectivity index (χ2v) is 38.3. The minimum atomic E-state index is -1.58. The molecule has 0 radical (unpaired) electrons. The second-order valence-electron chi connectivity index (χ2n) is 34.1. The minimum absolute atomic E-state index is 0.0000110. The summed E-state index contributed by atoms with van der Waals surface area (Å²) in [4.78, 5) is 4.02. The van der Waals surface area contributed by atoms with Crippen molar-refractivity contribution in [2.45, 2.75) is 131 Å². The van der Waals surface area contributed by atoms with Gasteiger partial charge in [0.2, 0.25) is 0 Å². The van der Waals surface area contributed by atoms with E-state index in [0.717, 1.165) is 44.5 Å². The fourth-order valence-corrected chi connectivity index (χ4v) is 20.8. The summed E-state index contributed by atoms with van der Waals surface area (Å²) < 4.78 is 226. The molecule has 0 spiro atoms. The standard InChI is InChI=1S/C102H91BN4Se2/c1-98(2,3)66-38-30-36-64(52-66)79-56-68(100(7,8)9)54-77(62-32-18-16-19-33-62)94(79)106-85-60-71(104-83-44-26-22-40-73(83)91-75-42-24-28-46-89(75)108-96(91)104)48-50-81(85)103-82-51-49-72(105-84-45-27-23-41-74(84)92-76-43-25-29-47-90(76)109-97(92)105)61-86(82)107(88-59-70(102(13,14)15)58-87(106)93(88)103)95-78(63-34-20-17-21-35-63)55-69(101(10,11)12)57-80(95)65-37-31-39-67(53-65)99(4,5)6/h16-61H,1-15H3/i22D,23D,24D,25D,26D,27D,28D,29D,40D,41D,42D,43D,44D,45D,46D,47D,48D,49D,50D,51D,60D,61D. The Hall–Kier alpha value is -10.4. The third-order valence-electron chi connectivity index (χ3n) is 21.8. The topological polar surface area (TPSA) is 16.3 Å². The fourth-order valence-electron chi connectivity index (χ4n) is 16.0. The van der Waals surface area contributed by atoms with Crippen LogP contribution in [0.4, 0.5) is 34.1 Å². The number of benzene rings is 13. The van der Waals surface area contributed by atoms with Gasteiger partial charge < -0.3 is 0 Å². The van der Waals surface area contributed by atoms with Gasteiger partial charge in [-0.05, 0) is 0 Å². The molecule has 0 fully saturated rings. The van der Waals surface area contributed by atoms with Gasteiger partial charge in [-0.1, -0.05) is 41.5 Å². The molecule has 7 heteroatoms. The van der Waals surface area contributed by atoms with Gasteiger partial charge in [0, 0.05) is 0 Å². The average molecular weight is 1560 g/mol. The van der Waals surface area contributed by atoms with E-state index in [1.165, 1.54) is 9.13 Å². The van der Waals surface area contributed by atoms with E-state index in [4.69, 9.17) is 5.48 Å². The molecule has 0 unspecified atom stereocenters. The Bertz CT molecular complexity index is 7520. The molecule has 4 aromatic heterocycles. The first-order valence-corrected chi connectivity index (χ1v) is 40.5. The maximum absolute atomic E-state index is 12.1. The van der Waals surface area contributed by atoms with Gasteiger partial charge in [0.1, 0.15) is 0 Å². The van der Waals surface area contributed by atoms with Gasteiger partial charge in [0.05, 0.1) is 0 Å². The summed E-state index contributed by atoms with van der Waals surface area (Å²) in [6.45, 7) is 30.3. The summed E-state index contributed by atoms with van der Waals surface area (Å²) in [5.41, 5.74) is 7.84. The Morgan fingerprint density at radius 1 is 0.312 bits per heavy atom. The first-order chi connectivity index (χ1) is 61.4. The van der Waals surface area contributed by atoms with E-state index in [1.54, 1.807) is 0 Å². The number of anilines is 6. The molecule has 13 aromatic carbocycles. The fraction of sp³-hybridized carbons (Fsp3) is 0.196. The first-order valence-electron chi connectivity index (χ1n) is 48.0. The Morgan fingerprint density at radius 2 is 0.651 bits per heavy atom. The van der Waals surface area contributed by atoms with Crippen LogP contribution in [0.3, 0.4) is 0 Å². The number of aromatic nitrogens is 2. The Kier molecular flexibility index (Phi) is 11.3. The SMILES string of the molecule is [2H]c1c([2H])c(-n2c3[se]c4c([2H])c([2H])c([2H])c([2H])c4c3c3c([2H])c([2H])c([2H])c([2H])c32)c([2H])c2c1B1c3c(cc(C(C)(C)C)cc3N(c3c(-c4ccccc4)cc(C(C)(C)C)cc3-c3cccc(C(C)(C)C)c3)c3c([2H])c(-n4c5[se]c6c([2H])c([2H])c([2H])c([2H])c6c5c5c([2H])c([2H])c([2H])c([2H])c54)c([2H])c([2H])c31)N2c1c(-c2ccccc2)cc(C(C)(C)C)cc1-c1cccc(C(C)(C)C)c1. The molecule has 0 atom stereocenters. The molecule has 0 saturated carbocycles. The summed E-state index contributed by atoms with van der Waals surface area (Å²) in [6, 6.07) is 36.9. The van der Waals surface area contributed by atoms with Gasteiger partial charge in [0.25, 0.3) is 0 Å². The third kappa shape index (κ3) is 11.3. The van der Waals surface area contributed by atoms with Crippen molar-refractivity contribution in [2.75, 3.05) is 9.80 Å². The van der Waals surface area contributed by atoms with Crippen molar-refractivity contribution < 1.29 is 30.2 Å². The van der Waals surface area contributed by atoms with Gasteiger partial charge in [-0.2, -0.15) is 0 Å². The molecule has 0 N–H and O–H groups in total. The van der Waals surface area contributed by atoms with Crippen LogP contribution in [0.25, 0.3) is 117 Å². The van der Waals surface area contributed by atoms with E-state index in [9.17, 15) is 24.7 Å². The zero-order valence-corrected chi connectivity index (χ0v) is 67.0. The molecular weight excluding hydrogens is 1450 g/mol. The maximum atomic E-state index is 12.1. The molecule has 19 rings (SSSR count). The molecule has 0 bridgehead atoms. The third-order valence-corrected chi connectivity index (χ3v) is 26.4. The number of nitrogens with zero attached hydrogens (tertiary/aromatic N) is 4. The normalized spacial score (nSPS) is 16.2. The number of fused-ring (bicyclic) bond motifs is 14. The van der Waals surface area contributed by atoms with E-state index in [1.807, 2.05) is 82.6 Å². The number of hydrogen-bond donors (Lipinski definition) is 0. The van der Waals surface area contributed by atoms with Crippen LogP contribution in [-0.4, -0.2) is 44.9 Å². The van der Waals surface area contributed by atoms with Crippen LogP contribution >= 0.6 is 0 Å². The van der Waals surface area contributed by atoms with Crippen molar-refractivity contribution >= 4 is 147 Å². The van der Waals surface area contributed by atoms with Gasteiger partial charge in [-0.25, -0.2) is 0 Å². The van der Waals surface area contributed by atoms with Gasteiger partial charge in [0.15, 0.2) is 0 Å². The summed E-state index contributed by atoms with van der Waals surface area (Å²) in [5, 5.41) is -0.143. The van der Waals surface area contributed by atoms with Crippen molar-refractivity contribution in [3.8, 4) is 55.9 Å². The van der Waals surface area contributed by atoms with E-state index in [2.05, 4.69) is 177 Å². The van der Waals surface area contributed by atoms with Crippen LogP contribution in [0.1, 0.15) is 162 Å². The number of hydrogen-bond acceptors (Lipinski definition) is 2. The number of para-hydroxylation sites is 2. The molecule has 17 aromatic rings. The predicted octanol–water partition coefficient (Wildman–Crippen LogP) is 25.5. The van der Waals surface area contributed by atoms with Crippen LogP contribution in [-0.2, 0) is 27.1 Å². The molecule has 109 heavy (non-hydrogen) atoms. The Balaban J connectivity index is 1.10. The van der Waals surface area contributed by atoms with E-state index in [-0.39, 0.29) is 106 Å². The quantitative estimate of drug-likeness (QED) is 0.141. The average Bonchev–Trinajstić information content (AvgIpc) is 1.58. The van der Waals surface area contributed by atoms with Gasteiger partial charge in [-0.15, -0.1) is 0 Å². The monoisotopic (exact) mass is 1560 g/mol. The van der Waals surface area contributed by atoms with Crippen LogP contribution in [0.2, 0.25) is 0 Å². The summed E-state index contributed by atoms with van der Waals surface area (Å²) >= 11 is -2.45. The molecule has 4 nitrogen and oxygen atoms in total. The van der Waals surface area contributed by atoms with E-state index >= 15 is 0 Å². The van der Waals surface area contributed by atoms with Gasteiger partial charge >= 0.3 is 648 Å². The van der Waals surface area contributed by atoms with Crippen molar-refractivity contribution in [1.29, 1.82) is 0 Å². The summed E-state index contributed by atoms with van der Waals surface area (Å²) in [5.74, 6) is 0. The van der Waals surface area contributed by atoms with Crippen molar-refractivity contribution in [1.82, 2.24) is 9.13 Å². The second kappa shape index (κ2) is 25.1. The van der Waals surface area contributed by atoms with Crippen LogP contribution in [0.15, 0.2) is 279 Å². The Morgan fingerprint density at radius 3 is 1.04 bits per heavy atom. The van der Waals surface area contributed by atoms with Crippen LogP contribution in [0, 0.1) is 0 Å². The van der Waals surface area contributed by atoms with Crippen molar-refractivity contribution in [2.24, 2.45) is 0 Å². The van der Waals surface area contributed by atoms with Crippen LogP contribution < -0.4 is 26.2 Å². The number of rotatable bonds is 8. The summed E-state index contributed by atoms with van der Waals surface area (Å²) in [7, 11) is 0. The summed E-state index contributed by atoms with van der Waals surface area (Å²) in [6.07, 6.45) is 0. The van der Waals surface area contributed by atoms with Crippen molar-refractivity contribution in [3.05, 3.63) is 306 Å². The molecule has 0 amide bonds. The molecule has 0 aliphatic carbocycles. The molecule has 2 aliphatic rings. The molecule has 6 heterocycles. The molecule has 0 saturated heterocycles. The van der Waals surface area contributed by atoms with E-state index in [0.29, 0.717) is 56.0 Å². The van der Waals surface area contributed by atoms with Crippen LogP contribution in [0.5, 0.6) is 0 Å². The molecule has 534 valence electrons. The molecule has 2 aliphatic heterocycles. The predicted molar refractivity (Wildman–Crippen MR) is 473 cm³/mol. The van der Waals surface area contributed by atoms with Gasteiger partial charge in [-0.3, -0.25) is 0 Å². The Labute approximate surface area is 685 Å². The zero-order valence-electron chi connectivity index (χ0n) is 85.5. The van der Waals surface area contributed by atoms with E-state index < -0.39 is 184 Å². The zero-order chi connectivity index (χ0) is 94.3. The van der Waals surface area contributed by atoms with Crippen molar-refractivity contribution in [3.63, 3.8) is 0 Å².